The Hall–Kier alpha value is -3.87. The minimum absolute atomic E-state index is 0.125. The van der Waals surface area contributed by atoms with Crippen molar-refractivity contribution < 1.29 is 18.8 Å². The van der Waals surface area contributed by atoms with Crippen LogP contribution in [0.25, 0.3) is 11.3 Å². The molecule has 3 heterocycles. The maximum atomic E-state index is 12.6. The van der Waals surface area contributed by atoms with Crippen LogP contribution in [0.5, 0.6) is 11.5 Å². The van der Waals surface area contributed by atoms with Crippen LogP contribution in [-0.4, -0.2) is 27.5 Å². The second-order valence-electron chi connectivity index (χ2n) is 6.78. The van der Waals surface area contributed by atoms with Crippen LogP contribution >= 0.6 is 0 Å². The first kappa shape index (κ1) is 17.2. The molecule has 144 valence electrons. The van der Waals surface area contributed by atoms with Gasteiger partial charge in [0.1, 0.15) is 0 Å². The zero-order valence-corrected chi connectivity index (χ0v) is 15.4. The molecule has 0 fully saturated rings. The Kier molecular flexibility index (Phi) is 4.32. The second kappa shape index (κ2) is 7.27. The number of ether oxygens (including phenoxy) is 2. The van der Waals surface area contributed by atoms with Crippen molar-refractivity contribution in [2.24, 2.45) is 0 Å². The molecule has 2 aromatic carbocycles. The molecule has 2 aromatic heterocycles. The molecule has 5 rings (SSSR count). The van der Waals surface area contributed by atoms with Crippen molar-refractivity contribution in [3.05, 3.63) is 83.8 Å². The van der Waals surface area contributed by atoms with Gasteiger partial charge in [-0.25, -0.2) is 0 Å². The summed E-state index contributed by atoms with van der Waals surface area (Å²) in [5.41, 5.74) is 3.04. The maximum Gasteiger partial charge on any atom is 0.231 e. The number of nitrogens with zero attached hydrogens (tertiary/aromatic N) is 3. The number of hydrogen-bond donors (Lipinski definition) is 0. The van der Waals surface area contributed by atoms with Crippen molar-refractivity contribution in [3.8, 4) is 22.8 Å². The number of carbonyl (C=O) groups excluding carboxylic acids is 1. The van der Waals surface area contributed by atoms with Gasteiger partial charge in [0.25, 0.3) is 0 Å². The maximum absolute atomic E-state index is 12.6. The summed E-state index contributed by atoms with van der Waals surface area (Å²) in [5, 5.41) is 8.27. The molecule has 29 heavy (non-hydrogen) atoms. The Bertz CT molecular complexity index is 1160. The van der Waals surface area contributed by atoms with E-state index in [-0.39, 0.29) is 24.7 Å². The Labute approximate surface area is 166 Å². The van der Waals surface area contributed by atoms with Gasteiger partial charge in [0, 0.05) is 24.2 Å². The Morgan fingerprint density at radius 3 is 2.76 bits per heavy atom. The molecule has 0 N–H and O–H groups in total. The van der Waals surface area contributed by atoms with E-state index >= 15 is 0 Å². The molecule has 0 bridgehead atoms. The van der Waals surface area contributed by atoms with E-state index in [0.717, 1.165) is 16.7 Å². The molecular formula is C22H17N3O4. The molecule has 0 unspecified atom stereocenters. The van der Waals surface area contributed by atoms with Gasteiger partial charge in [0.05, 0.1) is 12.7 Å². The van der Waals surface area contributed by atoms with Gasteiger partial charge in [-0.2, -0.15) is 5.10 Å². The van der Waals surface area contributed by atoms with Crippen molar-refractivity contribution in [2.75, 3.05) is 6.79 Å². The van der Waals surface area contributed by atoms with Gasteiger partial charge in [-0.05, 0) is 29.3 Å². The zero-order valence-electron chi connectivity index (χ0n) is 15.4. The normalized spacial score (nSPS) is 12.3. The van der Waals surface area contributed by atoms with Crippen LogP contribution in [0.1, 0.15) is 21.6 Å². The lowest BCUT2D eigenvalue weighted by Crippen LogP contribution is -2.03. The van der Waals surface area contributed by atoms with Gasteiger partial charge >= 0.3 is 0 Å². The first-order valence-corrected chi connectivity index (χ1v) is 9.20. The summed E-state index contributed by atoms with van der Waals surface area (Å²) in [4.78, 5) is 12.6. The third kappa shape index (κ3) is 3.62. The average Bonchev–Trinajstić information content (AvgIpc) is 3.49. The highest BCUT2D eigenvalue weighted by Gasteiger charge is 2.18. The third-order valence-electron chi connectivity index (χ3n) is 4.69. The summed E-state index contributed by atoms with van der Waals surface area (Å²) in [5.74, 6) is 1.72. The molecule has 0 saturated heterocycles. The topological polar surface area (TPSA) is 79.4 Å². The standard InChI is InChI=1S/C22H17N3O4/c26-19(8-16-11-23-25(13-16)12-15-4-2-1-3-5-15)18-10-21(29-24-18)17-6-7-20-22(9-17)28-14-27-20/h1-7,9-11,13H,8,12,14H2. The molecule has 1 aliphatic rings. The smallest absolute Gasteiger partial charge is 0.231 e. The monoisotopic (exact) mass is 387 g/mol. The lowest BCUT2D eigenvalue weighted by Gasteiger charge is -2.00. The van der Waals surface area contributed by atoms with E-state index in [1.54, 1.807) is 12.3 Å². The van der Waals surface area contributed by atoms with Crippen LogP contribution in [0.3, 0.4) is 0 Å². The van der Waals surface area contributed by atoms with E-state index in [2.05, 4.69) is 10.3 Å². The van der Waals surface area contributed by atoms with E-state index in [1.807, 2.05) is 59.4 Å². The summed E-state index contributed by atoms with van der Waals surface area (Å²) in [6.07, 6.45) is 3.80. The van der Waals surface area contributed by atoms with Gasteiger partial charge in [-0.3, -0.25) is 9.48 Å². The highest BCUT2D eigenvalue weighted by atomic mass is 16.7. The zero-order chi connectivity index (χ0) is 19.6. The molecule has 7 heteroatoms. The van der Waals surface area contributed by atoms with E-state index in [4.69, 9.17) is 14.0 Å². The molecule has 1 aliphatic heterocycles. The molecule has 0 spiro atoms. The van der Waals surface area contributed by atoms with Crippen molar-refractivity contribution in [3.63, 3.8) is 0 Å². The summed E-state index contributed by atoms with van der Waals surface area (Å²) in [6, 6.07) is 17.2. The molecule has 0 atom stereocenters. The minimum atomic E-state index is -0.125. The van der Waals surface area contributed by atoms with Crippen molar-refractivity contribution in [1.82, 2.24) is 14.9 Å². The van der Waals surface area contributed by atoms with E-state index in [1.165, 1.54) is 0 Å². The summed E-state index contributed by atoms with van der Waals surface area (Å²) in [6.45, 7) is 0.865. The van der Waals surface area contributed by atoms with Gasteiger partial charge in [-0.1, -0.05) is 35.5 Å². The number of benzene rings is 2. The lowest BCUT2D eigenvalue weighted by molar-refractivity contribution is 0.0984. The van der Waals surface area contributed by atoms with Gasteiger partial charge in [0.2, 0.25) is 6.79 Å². The van der Waals surface area contributed by atoms with Crippen LogP contribution < -0.4 is 9.47 Å². The number of fused-ring (bicyclic) bond motifs is 1. The number of rotatable bonds is 6. The quantitative estimate of drug-likeness (QED) is 0.469. The molecule has 0 amide bonds. The molecule has 4 aromatic rings. The van der Waals surface area contributed by atoms with Gasteiger partial charge in [0.15, 0.2) is 28.7 Å². The fourth-order valence-corrected chi connectivity index (χ4v) is 3.22. The second-order valence-corrected chi connectivity index (χ2v) is 6.78. The molecule has 0 aliphatic carbocycles. The lowest BCUT2D eigenvalue weighted by atomic mass is 10.1. The predicted octanol–water partition coefficient (Wildman–Crippen LogP) is 3.74. The van der Waals surface area contributed by atoms with Crippen molar-refractivity contribution >= 4 is 5.78 Å². The van der Waals surface area contributed by atoms with Gasteiger partial charge in [-0.15, -0.1) is 0 Å². The Morgan fingerprint density at radius 2 is 1.86 bits per heavy atom. The molecule has 0 saturated carbocycles. The van der Waals surface area contributed by atoms with Crippen LogP contribution in [0, 0.1) is 0 Å². The van der Waals surface area contributed by atoms with Crippen LogP contribution in [0.2, 0.25) is 0 Å². The van der Waals surface area contributed by atoms with Crippen molar-refractivity contribution in [1.29, 1.82) is 0 Å². The van der Waals surface area contributed by atoms with E-state index in [9.17, 15) is 4.79 Å². The predicted molar refractivity (Wildman–Crippen MR) is 104 cm³/mol. The first-order chi connectivity index (χ1) is 14.2. The van der Waals surface area contributed by atoms with Crippen LogP contribution in [0.15, 0.2) is 71.5 Å². The summed E-state index contributed by atoms with van der Waals surface area (Å²) in [7, 11) is 0. The number of Topliss-reactive ketones (excluding diaryl/α,β-unsaturated/α-hetero) is 1. The molecule has 7 nitrogen and oxygen atoms in total. The first-order valence-electron chi connectivity index (χ1n) is 9.20. The Morgan fingerprint density at radius 1 is 1.00 bits per heavy atom. The highest BCUT2D eigenvalue weighted by molar-refractivity contribution is 5.96. The Balaban J connectivity index is 1.27. The largest absolute Gasteiger partial charge is 0.454 e. The van der Waals surface area contributed by atoms with Gasteiger partial charge < -0.3 is 14.0 Å². The van der Waals surface area contributed by atoms with Crippen molar-refractivity contribution in [2.45, 2.75) is 13.0 Å². The summed E-state index contributed by atoms with van der Waals surface area (Å²) >= 11 is 0. The number of carbonyl (C=O) groups is 1. The average molecular weight is 387 g/mol. The minimum Gasteiger partial charge on any atom is -0.454 e. The number of hydrogen-bond acceptors (Lipinski definition) is 6. The fourth-order valence-electron chi connectivity index (χ4n) is 3.22. The molecular weight excluding hydrogens is 370 g/mol. The number of ketones is 1. The number of aromatic nitrogens is 3. The molecule has 0 radical (unpaired) electrons. The van der Waals surface area contributed by atoms with Crippen LogP contribution in [0.4, 0.5) is 0 Å². The SMILES string of the molecule is O=C(Cc1cnn(Cc2ccccc2)c1)c1cc(-c2ccc3c(c2)OCO3)on1. The van der Waals surface area contributed by atoms with Crippen LogP contribution in [-0.2, 0) is 13.0 Å². The summed E-state index contributed by atoms with van der Waals surface area (Å²) < 4.78 is 17.9. The van der Waals surface area contributed by atoms with E-state index in [0.29, 0.717) is 23.8 Å². The fraction of sp³-hybridized carbons (Fsp3) is 0.136. The highest BCUT2D eigenvalue weighted by Crippen LogP contribution is 2.36. The van der Waals surface area contributed by atoms with E-state index < -0.39 is 0 Å². The third-order valence-corrected chi connectivity index (χ3v) is 4.69.